The first-order valence-electron chi connectivity index (χ1n) is 6.98. The summed E-state index contributed by atoms with van der Waals surface area (Å²) in [6, 6.07) is 3.73. The van der Waals surface area contributed by atoms with Crippen molar-refractivity contribution in [3.05, 3.63) is 30.2 Å². The van der Waals surface area contributed by atoms with Gasteiger partial charge in [0.15, 0.2) is 0 Å². The minimum absolute atomic E-state index is 0.0654. The number of aromatic nitrogens is 4. The normalized spacial score (nSPS) is 21.4. The first-order valence-corrected chi connectivity index (χ1v) is 6.98. The molecule has 0 amide bonds. The van der Waals surface area contributed by atoms with Crippen molar-refractivity contribution in [3.8, 4) is 5.88 Å². The average Bonchev–Trinajstić information content (AvgIpc) is 3.13. The summed E-state index contributed by atoms with van der Waals surface area (Å²) in [7, 11) is 3.53. The molecule has 1 aliphatic heterocycles. The second-order valence-electron chi connectivity index (χ2n) is 5.02. The summed E-state index contributed by atoms with van der Waals surface area (Å²) in [6.07, 6.45) is 4.55. The molecule has 7 heteroatoms. The van der Waals surface area contributed by atoms with E-state index in [1.807, 2.05) is 17.8 Å². The molecule has 2 atom stereocenters. The van der Waals surface area contributed by atoms with E-state index in [1.165, 1.54) is 0 Å². The molecule has 0 bridgehead atoms. The molecular formula is C14H19N5O2. The molecule has 1 aliphatic rings. The van der Waals surface area contributed by atoms with Crippen LogP contribution >= 0.6 is 0 Å². The predicted octanol–water partition coefficient (Wildman–Crippen LogP) is 1.41. The minimum atomic E-state index is 0.0654. The van der Waals surface area contributed by atoms with Crippen molar-refractivity contribution in [2.45, 2.75) is 12.5 Å². The summed E-state index contributed by atoms with van der Waals surface area (Å²) in [6.45, 7) is 1.52. The van der Waals surface area contributed by atoms with Crippen LogP contribution in [0, 0.1) is 5.92 Å². The van der Waals surface area contributed by atoms with Crippen molar-refractivity contribution >= 4 is 5.95 Å². The SMILES string of the molecule is COc1ccnc(NC[C@@H]2CCO[C@H]2c2ccnn2C)n1. The van der Waals surface area contributed by atoms with E-state index in [1.54, 1.807) is 25.6 Å². The second-order valence-corrected chi connectivity index (χ2v) is 5.02. The average molecular weight is 289 g/mol. The molecule has 112 valence electrons. The Morgan fingerprint density at radius 3 is 3.10 bits per heavy atom. The summed E-state index contributed by atoms with van der Waals surface area (Å²) >= 11 is 0. The monoisotopic (exact) mass is 289 g/mol. The van der Waals surface area contributed by atoms with Crippen molar-refractivity contribution in [1.29, 1.82) is 0 Å². The van der Waals surface area contributed by atoms with Gasteiger partial charge < -0.3 is 14.8 Å². The molecule has 7 nitrogen and oxygen atoms in total. The van der Waals surface area contributed by atoms with Crippen LogP contribution in [0.5, 0.6) is 5.88 Å². The van der Waals surface area contributed by atoms with Gasteiger partial charge in [0.1, 0.15) is 6.10 Å². The van der Waals surface area contributed by atoms with E-state index in [2.05, 4.69) is 20.4 Å². The van der Waals surface area contributed by atoms with Crippen LogP contribution in [-0.4, -0.2) is 40.0 Å². The van der Waals surface area contributed by atoms with Gasteiger partial charge in [0, 0.05) is 44.6 Å². The van der Waals surface area contributed by atoms with Gasteiger partial charge in [-0.2, -0.15) is 10.1 Å². The summed E-state index contributed by atoms with van der Waals surface area (Å²) < 4.78 is 12.8. The fraction of sp³-hybridized carbons (Fsp3) is 0.500. The van der Waals surface area contributed by atoms with Crippen molar-refractivity contribution in [3.63, 3.8) is 0 Å². The highest BCUT2D eigenvalue weighted by atomic mass is 16.5. The van der Waals surface area contributed by atoms with Crippen LogP contribution in [0.15, 0.2) is 24.5 Å². The van der Waals surface area contributed by atoms with Gasteiger partial charge in [0.25, 0.3) is 0 Å². The van der Waals surface area contributed by atoms with Crippen LogP contribution in [0.1, 0.15) is 18.2 Å². The lowest BCUT2D eigenvalue weighted by molar-refractivity contribution is 0.0866. The van der Waals surface area contributed by atoms with E-state index >= 15 is 0 Å². The van der Waals surface area contributed by atoms with Crippen LogP contribution in [0.3, 0.4) is 0 Å². The largest absolute Gasteiger partial charge is 0.481 e. The maximum absolute atomic E-state index is 5.86. The molecule has 1 fully saturated rings. The quantitative estimate of drug-likeness (QED) is 0.897. The Kier molecular flexibility index (Phi) is 4.01. The van der Waals surface area contributed by atoms with E-state index in [0.717, 1.165) is 25.3 Å². The molecule has 2 aromatic rings. The Hall–Kier alpha value is -2.15. The lowest BCUT2D eigenvalue weighted by atomic mass is 9.99. The number of hydrogen-bond donors (Lipinski definition) is 1. The fourth-order valence-electron chi connectivity index (χ4n) is 2.60. The number of methoxy groups -OCH3 is 1. The van der Waals surface area contributed by atoms with Crippen molar-refractivity contribution < 1.29 is 9.47 Å². The molecule has 3 rings (SSSR count). The van der Waals surface area contributed by atoms with Crippen molar-refractivity contribution in [1.82, 2.24) is 19.7 Å². The molecule has 0 radical (unpaired) electrons. The molecule has 3 heterocycles. The standard InChI is InChI=1S/C14H19N5O2/c1-19-11(3-7-17-19)13-10(5-8-21-13)9-16-14-15-6-4-12(18-14)20-2/h3-4,6-7,10,13H,5,8-9H2,1-2H3,(H,15,16,18)/t10-,13+/m0/s1. The summed E-state index contributed by atoms with van der Waals surface area (Å²) in [5, 5.41) is 7.47. The molecule has 1 saturated heterocycles. The molecule has 0 saturated carbocycles. The number of aryl methyl sites for hydroxylation is 1. The zero-order valence-electron chi connectivity index (χ0n) is 12.2. The van der Waals surface area contributed by atoms with Crippen molar-refractivity contribution in [2.75, 3.05) is 25.6 Å². The summed E-state index contributed by atoms with van der Waals surface area (Å²) in [5.74, 6) is 1.50. The van der Waals surface area contributed by atoms with E-state index in [0.29, 0.717) is 17.7 Å². The second kappa shape index (κ2) is 6.09. The third-order valence-corrected chi connectivity index (χ3v) is 3.73. The van der Waals surface area contributed by atoms with Gasteiger partial charge in [0.05, 0.1) is 12.8 Å². The Morgan fingerprint density at radius 2 is 2.33 bits per heavy atom. The molecule has 1 N–H and O–H groups in total. The van der Waals surface area contributed by atoms with Crippen LogP contribution in [0.4, 0.5) is 5.95 Å². The van der Waals surface area contributed by atoms with Gasteiger partial charge >= 0.3 is 0 Å². The number of ether oxygens (including phenoxy) is 2. The van der Waals surface area contributed by atoms with Gasteiger partial charge in [-0.05, 0) is 12.5 Å². The van der Waals surface area contributed by atoms with E-state index < -0.39 is 0 Å². The molecule has 0 aromatic carbocycles. The zero-order valence-corrected chi connectivity index (χ0v) is 12.2. The fourth-order valence-corrected chi connectivity index (χ4v) is 2.60. The maximum Gasteiger partial charge on any atom is 0.225 e. The molecule has 2 aromatic heterocycles. The lowest BCUT2D eigenvalue weighted by Gasteiger charge is -2.19. The predicted molar refractivity (Wildman–Crippen MR) is 77.1 cm³/mol. The van der Waals surface area contributed by atoms with Gasteiger partial charge in [-0.1, -0.05) is 0 Å². The first-order chi connectivity index (χ1) is 10.3. The molecule has 0 unspecified atom stereocenters. The molecular weight excluding hydrogens is 270 g/mol. The molecule has 0 aliphatic carbocycles. The Morgan fingerprint density at radius 1 is 1.43 bits per heavy atom. The van der Waals surface area contributed by atoms with Crippen LogP contribution in [0.2, 0.25) is 0 Å². The number of nitrogens with zero attached hydrogens (tertiary/aromatic N) is 4. The highest BCUT2D eigenvalue weighted by molar-refractivity contribution is 5.27. The molecule has 21 heavy (non-hydrogen) atoms. The van der Waals surface area contributed by atoms with E-state index in [-0.39, 0.29) is 6.10 Å². The van der Waals surface area contributed by atoms with Crippen molar-refractivity contribution in [2.24, 2.45) is 13.0 Å². The number of nitrogens with one attached hydrogen (secondary N) is 1. The van der Waals surface area contributed by atoms with E-state index in [9.17, 15) is 0 Å². The van der Waals surface area contributed by atoms with Crippen LogP contribution in [0.25, 0.3) is 0 Å². The minimum Gasteiger partial charge on any atom is -0.481 e. The van der Waals surface area contributed by atoms with Gasteiger partial charge in [-0.15, -0.1) is 0 Å². The van der Waals surface area contributed by atoms with Gasteiger partial charge in [-0.3, -0.25) is 4.68 Å². The van der Waals surface area contributed by atoms with Crippen LogP contribution < -0.4 is 10.1 Å². The Labute approximate surface area is 123 Å². The summed E-state index contributed by atoms with van der Waals surface area (Å²) in [5.41, 5.74) is 1.10. The first kappa shape index (κ1) is 13.8. The van der Waals surface area contributed by atoms with Crippen LogP contribution in [-0.2, 0) is 11.8 Å². The smallest absolute Gasteiger partial charge is 0.225 e. The third-order valence-electron chi connectivity index (χ3n) is 3.73. The topological polar surface area (TPSA) is 74.1 Å². The van der Waals surface area contributed by atoms with Gasteiger partial charge in [-0.25, -0.2) is 4.98 Å². The number of rotatable bonds is 5. The lowest BCUT2D eigenvalue weighted by Crippen LogP contribution is -2.20. The van der Waals surface area contributed by atoms with Gasteiger partial charge in [0.2, 0.25) is 11.8 Å². The Balaban J connectivity index is 1.65. The zero-order chi connectivity index (χ0) is 14.7. The molecule has 0 spiro atoms. The number of hydrogen-bond acceptors (Lipinski definition) is 6. The van der Waals surface area contributed by atoms with E-state index in [4.69, 9.17) is 9.47 Å². The number of anilines is 1. The highest BCUT2D eigenvalue weighted by Crippen LogP contribution is 2.34. The Bertz CT molecular complexity index is 601. The third kappa shape index (κ3) is 2.97. The highest BCUT2D eigenvalue weighted by Gasteiger charge is 2.31. The summed E-state index contributed by atoms with van der Waals surface area (Å²) in [4.78, 5) is 8.45. The maximum atomic E-state index is 5.86.